The first kappa shape index (κ1) is 20.3. The van der Waals surface area contributed by atoms with E-state index in [9.17, 15) is 33.1 Å². The fourth-order valence-electron chi connectivity index (χ4n) is 3.92. The number of imide groups is 1. The monoisotopic (exact) mass is 443 g/mol. The lowest BCUT2D eigenvalue weighted by Crippen LogP contribution is -2.52. The van der Waals surface area contributed by atoms with Gasteiger partial charge in [0.05, 0.1) is 6.93 Å². The summed E-state index contributed by atoms with van der Waals surface area (Å²) in [5.74, 6) is -7.76. The molecule has 2 aromatic carbocycles. The summed E-state index contributed by atoms with van der Waals surface area (Å²) in [7, 11) is 0. The second-order valence-corrected chi connectivity index (χ2v) is 7.72. The number of carbonyl (C=O) groups excluding carboxylic acids is 4. The van der Waals surface area contributed by atoms with E-state index >= 15 is 0 Å². The summed E-state index contributed by atoms with van der Waals surface area (Å²) in [6.45, 7) is -0.0465. The number of nitrogens with one attached hydrogen (secondary N) is 1. The fourth-order valence-corrected chi connectivity index (χ4v) is 3.92. The molecular formula is C23H20F2N2O5. The molecule has 32 heavy (non-hydrogen) atoms. The highest BCUT2D eigenvalue weighted by Crippen LogP contribution is 2.36. The number of para-hydroxylation sites is 1. The number of aryl methyl sites for hydroxylation is 1. The number of benzene rings is 2. The van der Waals surface area contributed by atoms with Crippen LogP contribution in [0.15, 0.2) is 42.5 Å². The first-order valence-electron chi connectivity index (χ1n) is 10.5. The zero-order chi connectivity index (χ0) is 24.0. The van der Waals surface area contributed by atoms with E-state index in [2.05, 4.69) is 5.32 Å². The number of rotatable bonds is 6. The van der Waals surface area contributed by atoms with Crippen molar-refractivity contribution in [3.05, 3.63) is 64.7 Å². The molecule has 3 amide bonds. The van der Waals surface area contributed by atoms with Crippen molar-refractivity contribution in [3.63, 3.8) is 0 Å². The smallest absolute Gasteiger partial charge is 0.334 e. The molecule has 166 valence electrons. The number of fused-ring (bicyclic) bond motifs is 1. The molecule has 0 radical (unpaired) electrons. The van der Waals surface area contributed by atoms with Crippen molar-refractivity contribution in [3.8, 4) is 5.75 Å². The normalized spacial score (nSPS) is 21.2. The number of piperidine rings is 1. The zero-order valence-corrected chi connectivity index (χ0v) is 16.9. The van der Waals surface area contributed by atoms with Crippen LogP contribution < -0.4 is 5.32 Å². The Labute approximate surface area is 183 Å². The average Bonchev–Trinajstić information content (AvgIpc) is 3.11. The number of hydrogen-bond donors (Lipinski definition) is 2. The predicted molar refractivity (Wildman–Crippen MR) is 108 cm³/mol. The summed E-state index contributed by atoms with van der Waals surface area (Å²) >= 11 is 0. The number of phenolic OH excluding ortho intramolecular Hbond substituents is 1. The first-order valence-corrected chi connectivity index (χ1v) is 10.0. The highest BCUT2D eigenvalue weighted by Gasteiger charge is 2.42. The Morgan fingerprint density at radius 3 is 2.69 bits per heavy atom. The molecule has 0 aromatic heterocycles. The Morgan fingerprint density at radius 2 is 1.97 bits per heavy atom. The second kappa shape index (κ2) is 8.14. The van der Waals surface area contributed by atoms with Gasteiger partial charge in [0.25, 0.3) is 5.91 Å². The van der Waals surface area contributed by atoms with E-state index in [1.165, 1.54) is 24.3 Å². The SMILES string of the molecule is [2H][C@@]1(N2Cc3cc(CCC(=O)C(F)(F)c4ccccc4O)ccc3C2=O)CCC(=O)NC1=O. The van der Waals surface area contributed by atoms with Crippen LogP contribution in [0.2, 0.25) is 0 Å². The number of halogens is 2. The third kappa shape index (κ3) is 3.86. The van der Waals surface area contributed by atoms with E-state index in [4.69, 9.17) is 1.37 Å². The summed E-state index contributed by atoms with van der Waals surface area (Å²) in [4.78, 5) is 49.8. The maximum atomic E-state index is 14.5. The van der Waals surface area contributed by atoms with Crippen LogP contribution in [0.1, 0.15) is 47.7 Å². The fraction of sp³-hybridized carbons (Fsp3) is 0.304. The number of phenols is 1. The van der Waals surface area contributed by atoms with Crippen molar-refractivity contribution >= 4 is 23.5 Å². The standard InChI is InChI=1S/C23H20F2N2O5/c24-23(25,16-3-1-2-4-18(16)28)19(29)9-6-13-5-7-15-14(11-13)12-27(22(15)32)17-8-10-20(30)26-21(17)31/h1-5,7,11,17,28H,6,8-10,12H2,(H,26,30,31)/t17-/m1/s1/i17D. The molecule has 2 aliphatic heterocycles. The van der Waals surface area contributed by atoms with Crippen molar-refractivity contribution in [2.75, 3.05) is 0 Å². The lowest BCUT2D eigenvalue weighted by molar-refractivity contribution is -0.144. The maximum absolute atomic E-state index is 14.5. The molecule has 0 aliphatic carbocycles. The van der Waals surface area contributed by atoms with E-state index in [0.29, 0.717) is 11.1 Å². The highest BCUT2D eigenvalue weighted by molar-refractivity contribution is 6.05. The third-order valence-corrected chi connectivity index (χ3v) is 5.64. The van der Waals surface area contributed by atoms with Gasteiger partial charge in [-0.25, -0.2) is 0 Å². The Morgan fingerprint density at radius 1 is 1.22 bits per heavy atom. The molecular weight excluding hydrogens is 422 g/mol. The van der Waals surface area contributed by atoms with Crippen molar-refractivity contribution in [2.45, 2.75) is 44.2 Å². The number of nitrogens with zero attached hydrogens (tertiary/aromatic N) is 1. The minimum atomic E-state index is -3.85. The number of carbonyl (C=O) groups is 4. The quantitative estimate of drug-likeness (QED) is 0.668. The Balaban J connectivity index is 1.47. The predicted octanol–water partition coefficient (Wildman–Crippen LogP) is 2.45. The summed E-state index contributed by atoms with van der Waals surface area (Å²) in [5, 5.41) is 11.8. The van der Waals surface area contributed by atoms with Crippen molar-refractivity contribution < 1.29 is 34.4 Å². The maximum Gasteiger partial charge on any atom is 0.334 e. The summed E-state index contributed by atoms with van der Waals surface area (Å²) in [6.07, 6.45) is -0.705. The van der Waals surface area contributed by atoms with Gasteiger partial charge in [0, 0.05) is 24.9 Å². The molecule has 2 aromatic rings. The number of alkyl halides is 2. The summed E-state index contributed by atoms with van der Waals surface area (Å²) in [5.41, 5.74) is 0.567. The van der Waals surface area contributed by atoms with E-state index in [1.54, 1.807) is 6.07 Å². The van der Waals surface area contributed by atoms with Crippen LogP contribution in [-0.4, -0.2) is 39.5 Å². The largest absolute Gasteiger partial charge is 0.507 e. The Hall–Kier alpha value is -3.62. The lowest BCUT2D eigenvalue weighted by atomic mass is 9.97. The number of amides is 3. The van der Waals surface area contributed by atoms with Crippen molar-refractivity contribution in [2.24, 2.45) is 0 Å². The third-order valence-electron chi connectivity index (χ3n) is 5.64. The van der Waals surface area contributed by atoms with Gasteiger partial charge in [-0.3, -0.25) is 24.5 Å². The summed E-state index contributed by atoms with van der Waals surface area (Å²) < 4.78 is 37.5. The van der Waals surface area contributed by atoms with Crippen LogP contribution in [0.5, 0.6) is 5.75 Å². The average molecular weight is 443 g/mol. The van der Waals surface area contributed by atoms with Crippen LogP contribution in [-0.2, 0) is 33.3 Å². The van der Waals surface area contributed by atoms with Gasteiger partial charge in [0.15, 0.2) is 0 Å². The molecule has 0 saturated carbocycles. The molecule has 7 nitrogen and oxygen atoms in total. The summed E-state index contributed by atoms with van der Waals surface area (Å²) in [6, 6.07) is 7.45. The molecule has 9 heteroatoms. The molecule has 0 bridgehead atoms. The first-order chi connectivity index (χ1) is 15.5. The van der Waals surface area contributed by atoms with E-state index in [0.717, 1.165) is 17.0 Å². The van der Waals surface area contributed by atoms with Crippen molar-refractivity contribution in [1.82, 2.24) is 10.2 Å². The van der Waals surface area contributed by atoms with Crippen LogP contribution in [0.3, 0.4) is 0 Å². The second-order valence-electron chi connectivity index (χ2n) is 7.72. The van der Waals surface area contributed by atoms with Gasteiger partial charge in [0.2, 0.25) is 17.6 Å². The van der Waals surface area contributed by atoms with Crippen LogP contribution in [0, 0.1) is 0 Å². The van der Waals surface area contributed by atoms with Gasteiger partial charge in [-0.15, -0.1) is 0 Å². The van der Waals surface area contributed by atoms with Gasteiger partial charge < -0.3 is 10.0 Å². The van der Waals surface area contributed by atoms with Gasteiger partial charge >= 0.3 is 5.92 Å². The minimum absolute atomic E-state index is 0.0233. The van der Waals surface area contributed by atoms with Gasteiger partial charge in [-0.1, -0.05) is 24.3 Å². The number of Topliss-reactive ketones (excluding diaryl/α,β-unsaturated/α-hetero) is 1. The number of ketones is 1. The minimum Gasteiger partial charge on any atom is -0.507 e. The molecule has 1 saturated heterocycles. The van der Waals surface area contributed by atoms with E-state index in [1.807, 2.05) is 0 Å². The molecule has 0 spiro atoms. The highest BCUT2D eigenvalue weighted by atomic mass is 19.3. The Kier molecular flexibility index (Phi) is 5.16. The number of hydrogen-bond acceptors (Lipinski definition) is 5. The topological polar surface area (TPSA) is 104 Å². The van der Waals surface area contributed by atoms with Crippen LogP contribution in [0.25, 0.3) is 0 Å². The molecule has 4 rings (SSSR count). The van der Waals surface area contributed by atoms with Crippen molar-refractivity contribution in [1.29, 1.82) is 0 Å². The molecule has 2 N–H and O–H groups in total. The molecule has 1 atom stereocenters. The zero-order valence-electron chi connectivity index (χ0n) is 17.9. The van der Waals surface area contributed by atoms with Gasteiger partial charge in [0.1, 0.15) is 11.8 Å². The van der Waals surface area contributed by atoms with E-state index < -0.39 is 53.2 Å². The van der Waals surface area contributed by atoms with Gasteiger partial charge in [-0.05, 0) is 42.2 Å². The molecule has 0 unspecified atom stereocenters. The van der Waals surface area contributed by atoms with Crippen LogP contribution in [0.4, 0.5) is 8.78 Å². The lowest BCUT2D eigenvalue weighted by Gasteiger charge is -2.29. The molecule has 2 aliphatic rings. The Bertz CT molecular complexity index is 1190. The van der Waals surface area contributed by atoms with Crippen LogP contribution >= 0.6 is 0 Å². The van der Waals surface area contributed by atoms with Gasteiger partial charge in [-0.2, -0.15) is 8.78 Å². The molecule has 1 fully saturated rings. The molecule has 2 heterocycles. The van der Waals surface area contributed by atoms with E-state index in [-0.39, 0.29) is 31.4 Å². The number of aromatic hydroxyl groups is 1.